The van der Waals surface area contributed by atoms with Crippen LogP contribution < -0.4 is 10.2 Å². The standard InChI is InChI=1S/C18H20N2O5/c1-20(18(24)25-2)13-7-5-12(6-8-13)19-16(21)14-10-3-4-11(9-10)15(14)17(22)23/h3-8,10-11,14-15H,9H2,1-2H3,(H,19,21)(H,22,23)/t10-,11-,14-,15-/m0/s1. The summed E-state index contributed by atoms with van der Waals surface area (Å²) in [5.74, 6) is -2.50. The topological polar surface area (TPSA) is 95.9 Å². The number of carboxylic acid groups (broad SMARTS) is 1. The molecule has 3 rings (SSSR count). The fraction of sp³-hybridized carbons (Fsp3) is 0.389. The molecule has 0 heterocycles. The van der Waals surface area contributed by atoms with E-state index in [1.807, 2.05) is 12.2 Å². The number of carbonyl (C=O) groups is 3. The zero-order valence-corrected chi connectivity index (χ0v) is 14.0. The fourth-order valence-electron chi connectivity index (χ4n) is 3.75. The van der Waals surface area contributed by atoms with Gasteiger partial charge in [-0.05, 0) is 42.5 Å². The molecule has 2 aliphatic rings. The van der Waals surface area contributed by atoms with Gasteiger partial charge in [0, 0.05) is 18.4 Å². The van der Waals surface area contributed by atoms with Crippen molar-refractivity contribution in [2.24, 2.45) is 23.7 Å². The van der Waals surface area contributed by atoms with Gasteiger partial charge in [0.2, 0.25) is 5.91 Å². The number of aliphatic carboxylic acids is 1. The summed E-state index contributed by atoms with van der Waals surface area (Å²) >= 11 is 0. The first kappa shape index (κ1) is 17.0. The highest BCUT2D eigenvalue weighted by Gasteiger charge is 2.51. The molecule has 2 amide bonds. The second-order valence-electron chi connectivity index (χ2n) is 6.40. The van der Waals surface area contributed by atoms with Crippen LogP contribution in [0.3, 0.4) is 0 Å². The number of amides is 2. The molecular formula is C18H20N2O5. The van der Waals surface area contributed by atoms with Crippen molar-refractivity contribution in [2.75, 3.05) is 24.4 Å². The minimum Gasteiger partial charge on any atom is -0.481 e. The Hall–Kier alpha value is -2.83. The average molecular weight is 344 g/mol. The molecule has 0 radical (unpaired) electrons. The Morgan fingerprint density at radius 1 is 1.12 bits per heavy atom. The predicted molar refractivity (Wildman–Crippen MR) is 91.2 cm³/mol. The lowest BCUT2D eigenvalue weighted by Gasteiger charge is -2.24. The van der Waals surface area contributed by atoms with Crippen molar-refractivity contribution in [3.63, 3.8) is 0 Å². The first-order valence-electron chi connectivity index (χ1n) is 8.06. The van der Waals surface area contributed by atoms with Crippen molar-refractivity contribution in [3.8, 4) is 0 Å². The van der Waals surface area contributed by atoms with Gasteiger partial charge >= 0.3 is 12.1 Å². The number of allylic oxidation sites excluding steroid dienone is 2. The molecule has 1 fully saturated rings. The molecule has 0 spiro atoms. The quantitative estimate of drug-likeness (QED) is 0.818. The van der Waals surface area contributed by atoms with Crippen LogP contribution in [0, 0.1) is 23.7 Å². The highest BCUT2D eigenvalue weighted by Crippen LogP contribution is 2.48. The summed E-state index contributed by atoms with van der Waals surface area (Å²) in [5.41, 5.74) is 1.18. The molecule has 1 saturated carbocycles. The van der Waals surface area contributed by atoms with Crippen LogP contribution in [-0.4, -0.2) is 37.2 Å². The molecule has 0 aliphatic heterocycles. The molecular weight excluding hydrogens is 324 g/mol. The first-order valence-corrected chi connectivity index (χ1v) is 8.06. The number of rotatable bonds is 4. The van der Waals surface area contributed by atoms with Gasteiger partial charge in [-0.3, -0.25) is 14.5 Å². The first-order chi connectivity index (χ1) is 11.9. The maximum absolute atomic E-state index is 12.6. The number of nitrogens with one attached hydrogen (secondary N) is 1. The molecule has 1 aromatic carbocycles. The number of nitrogens with zero attached hydrogens (tertiary/aromatic N) is 1. The van der Waals surface area contributed by atoms with E-state index in [9.17, 15) is 19.5 Å². The zero-order valence-electron chi connectivity index (χ0n) is 14.0. The molecule has 0 aromatic heterocycles. The van der Waals surface area contributed by atoms with Crippen LogP contribution in [-0.2, 0) is 14.3 Å². The minimum atomic E-state index is -0.924. The molecule has 7 nitrogen and oxygen atoms in total. The van der Waals surface area contributed by atoms with E-state index in [1.54, 1.807) is 31.3 Å². The largest absolute Gasteiger partial charge is 0.481 e. The average Bonchev–Trinajstić information content (AvgIpc) is 3.22. The summed E-state index contributed by atoms with van der Waals surface area (Å²) in [5, 5.41) is 12.2. The Balaban J connectivity index is 1.70. The summed E-state index contributed by atoms with van der Waals surface area (Å²) in [6.45, 7) is 0. The van der Waals surface area contributed by atoms with Crippen LogP contribution in [0.4, 0.5) is 16.2 Å². The number of anilines is 2. The highest BCUT2D eigenvalue weighted by atomic mass is 16.5. The van der Waals surface area contributed by atoms with Gasteiger partial charge in [-0.1, -0.05) is 12.2 Å². The van der Waals surface area contributed by atoms with Gasteiger partial charge in [0.05, 0.1) is 18.9 Å². The number of fused-ring (bicyclic) bond motifs is 2. The molecule has 4 atom stereocenters. The van der Waals surface area contributed by atoms with E-state index in [0.717, 1.165) is 6.42 Å². The number of carboxylic acids is 1. The van der Waals surface area contributed by atoms with E-state index in [0.29, 0.717) is 11.4 Å². The predicted octanol–water partition coefficient (Wildman–Crippen LogP) is 2.35. The van der Waals surface area contributed by atoms with E-state index in [2.05, 4.69) is 10.1 Å². The van der Waals surface area contributed by atoms with Crippen LogP contribution >= 0.6 is 0 Å². The van der Waals surface area contributed by atoms with Crippen molar-refractivity contribution in [3.05, 3.63) is 36.4 Å². The molecule has 2 aliphatic carbocycles. The smallest absolute Gasteiger partial charge is 0.413 e. The van der Waals surface area contributed by atoms with Crippen molar-refractivity contribution in [2.45, 2.75) is 6.42 Å². The maximum atomic E-state index is 12.6. The van der Waals surface area contributed by atoms with E-state index in [4.69, 9.17) is 0 Å². The normalized spacial score (nSPS) is 26.3. The van der Waals surface area contributed by atoms with Crippen LogP contribution in [0.5, 0.6) is 0 Å². The van der Waals surface area contributed by atoms with Crippen molar-refractivity contribution < 1.29 is 24.2 Å². The third-order valence-electron chi connectivity index (χ3n) is 5.02. The van der Waals surface area contributed by atoms with E-state index in [1.165, 1.54) is 12.0 Å². The number of carbonyl (C=O) groups excluding carboxylic acids is 2. The zero-order chi connectivity index (χ0) is 18.1. The Bertz CT molecular complexity index is 727. The summed E-state index contributed by atoms with van der Waals surface area (Å²) in [6, 6.07) is 6.71. The van der Waals surface area contributed by atoms with Gasteiger partial charge in [0.25, 0.3) is 0 Å². The molecule has 132 valence electrons. The van der Waals surface area contributed by atoms with E-state index >= 15 is 0 Å². The maximum Gasteiger partial charge on any atom is 0.413 e. The minimum absolute atomic E-state index is 0.0177. The van der Waals surface area contributed by atoms with Gasteiger partial charge in [0.15, 0.2) is 0 Å². The van der Waals surface area contributed by atoms with Gasteiger partial charge in [-0.15, -0.1) is 0 Å². The van der Waals surface area contributed by atoms with Gasteiger partial charge < -0.3 is 15.2 Å². The highest BCUT2D eigenvalue weighted by molar-refractivity contribution is 5.96. The van der Waals surface area contributed by atoms with Crippen LogP contribution in [0.1, 0.15) is 6.42 Å². The van der Waals surface area contributed by atoms with Crippen LogP contribution in [0.25, 0.3) is 0 Å². The van der Waals surface area contributed by atoms with Crippen molar-refractivity contribution >= 4 is 29.3 Å². The third kappa shape index (κ3) is 3.09. The second-order valence-corrected chi connectivity index (χ2v) is 6.40. The van der Waals surface area contributed by atoms with Gasteiger partial charge in [-0.2, -0.15) is 0 Å². The summed E-state index contributed by atoms with van der Waals surface area (Å²) in [7, 11) is 2.88. The molecule has 2 N–H and O–H groups in total. The Kier molecular flexibility index (Phi) is 4.48. The molecule has 0 unspecified atom stereocenters. The Morgan fingerprint density at radius 3 is 2.28 bits per heavy atom. The van der Waals surface area contributed by atoms with Crippen molar-refractivity contribution in [1.82, 2.24) is 0 Å². The third-order valence-corrected chi connectivity index (χ3v) is 5.02. The fourth-order valence-corrected chi connectivity index (χ4v) is 3.75. The number of methoxy groups -OCH3 is 1. The number of hydrogen-bond donors (Lipinski definition) is 2. The van der Waals surface area contributed by atoms with Crippen LogP contribution in [0.2, 0.25) is 0 Å². The number of hydrogen-bond acceptors (Lipinski definition) is 4. The lowest BCUT2D eigenvalue weighted by molar-refractivity contribution is -0.146. The SMILES string of the molecule is COC(=O)N(C)c1ccc(NC(=O)[C@@H]2[C@@H](C(=O)O)[C@H]3C=C[C@H]2C3)cc1. The van der Waals surface area contributed by atoms with E-state index in [-0.39, 0.29) is 17.7 Å². The Labute approximate surface area is 145 Å². The lowest BCUT2D eigenvalue weighted by Crippen LogP contribution is -2.36. The van der Waals surface area contributed by atoms with Crippen molar-refractivity contribution in [1.29, 1.82) is 0 Å². The second kappa shape index (κ2) is 6.58. The molecule has 7 heteroatoms. The number of ether oxygens (including phenoxy) is 1. The van der Waals surface area contributed by atoms with E-state index < -0.39 is 23.9 Å². The summed E-state index contributed by atoms with van der Waals surface area (Å²) < 4.78 is 4.65. The molecule has 25 heavy (non-hydrogen) atoms. The summed E-state index contributed by atoms with van der Waals surface area (Å²) in [6.07, 6.45) is 4.08. The van der Waals surface area contributed by atoms with Gasteiger partial charge in [0.1, 0.15) is 0 Å². The van der Waals surface area contributed by atoms with Crippen LogP contribution in [0.15, 0.2) is 36.4 Å². The monoisotopic (exact) mass is 344 g/mol. The number of benzene rings is 1. The van der Waals surface area contributed by atoms with Gasteiger partial charge in [-0.25, -0.2) is 4.79 Å². The lowest BCUT2D eigenvalue weighted by atomic mass is 9.82. The molecule has 2 bridgehead atoms. The Morgan fingerprint density at radius 2 is 1.72 bits per heavy atom. The summed E-state index contributed by atoms with van der Waals surface area (Å²) in [4.78, 5) is 36.9. The molecule has 1 aromatic rings. The molecule has 0 saturated heterocycles.